The van der Waals surface area contributed by atoms with E-state index in [1.54, 1.807) is 12.1 Å². The zero-order valence-electron chi connectivity index (χ0n) is 15.5. The number of carboxylic acid groups (broad SMARTS) is 1. The Labute approximate surface area is 166 Å². The third kappa shape index (κ3) is 3.22. The summed E-state index contributed by atoms with van der Waals surface area (Å²) >= 11 is 0. The largest absolute Gasteiger partial charge is 0.478 e. The highest BCUT2D eigenvalue weighted by atomic mass is 16.6. The van der Waals surface area contributed by atoms with Gasteiger partial charge in [-0.15, -0.1) is 0 Å². The lowest BCUT2D eigenvalue weighted by Crippen LogP contribution is -2.31. The van der Waals surface area contributed by atoms with Gasteiger partial charge < -0.3 is 15.2 Å². The molecule has 2 aliphatic rings. The van der Waals surface area contributed by atoms with Gasteiger partial charge in [-0.05, 0) is 36.1 Å². The Morgan fingerprint density at radius 1 is 1.21 bits per heavy atom. The first-order chi connectivity index (χ1) is 13.9. The van der Waals surface area contributed by atoms with Gasteiger partial charge in [0.2, 0.25) is 0 Å². The summed E-state index contributed by atoms with van der Waals surface area (Å²) in [5.41, 5.74) is 1.51. The zero-order chi connectivity index (χ0) is 20.7. The third-order valence-electron chi connectivity index (χ3n) is 5.42. The first kappa shape index (κ1) is 18.7. The van der Waals surface area contributed by atoms with Gasteiger partial charge in [0.15, 0.2) is 0 Å². The highest BCUT2D eigenvalue weighted by Crippen LogP contribution is 2.53. The van der Waals surface area contributed by atoms with Gasteiger partial charge in [0, 0.05) is 18.9 Å². The molecule has 29 heavy (non-hydrogen) atoms. The van der Waals surface area contributed by atoms with E-state index in [-0.39, 0.29) is 34.8 Å². The molecule has 8 nitrogen and oxygen atoms in total. The van der Waals surface area contributed by atoms with E-state index in [1.807, 2.05) is 24.3 Å². The molecule has 0 saturated carbocycles. The molecule has 1 aliphatic heterocycles. The molecule has 0 bridgehead atoms. The number of hydrogen-bond acceptors (Lipinski definition) is 6. The minimum atomic E-state index is -1.15. The smallest absolute Gasteiger partial charge is 0.337 e. The molecular weight excluding hydrogens is 376 g/mol. The molecule has 1 heterocycles. The highest BCUT2D eigenvalue weighted by Gasteiger charge is 2.43. The summed E-state index contributed by atoms with van der Waals surface area (Å²) in [6, 6.07) is 9.28. The van der Waals surface area contributed by atoms with Crippen molar-refractivity contribution in [3.8, 4) is 5.75 Å². The van der Waals surface area contributed by atoms with Gasteiger partial charge in [-0.2, -0.15) is 0 Å². The second kappa shape index (κ2) is 7.05. The molecule has 2 aromatic rings. The molecule has 0 radical (unpaired) electrons. The van der Waals surface area contributed by atoms with Gasteiger partial charge in [-0.3, -0.25) is 14.9 Å². The molecule has 1 aliphatic carbocycles. The fourth-order valence-electron chi connectivity index (χ4n) is 4.27. The summed E-state index contributed by atoms with van der Waals surface area (Å²) in [4.78, 5) is 34.0. The van der Waals surface area contributed by atoms with E-state index in [1.165, 1.54) is 19.1 Å². The van der Waals surface area contributed by atoms with Crippen molar-refractivity contribution in [2.24, 2.45) is 5.92 Å². The van der Waals surface area contributed by atoms with Gasteiger partial charge in [0.05, 0.1) is 27.8 Å². The molecule has 2 aromatic carbocycles. The Hall–Kier alpha value is -3.68. The van der Waals surface area contributed by atoms with Gasteiger partial charge in [-0.1, -0.05) is 24.3 Å². The SMILES string of the molecule is CC(=O)Oc1ccc([C@H]2Nc3c(C(=O)O)ccc([N+](=O)[O-])c3[C@H]3C=CC[C@H]32)cc1. The van der Waals surface area contributed by atoms with Crippen molar-refractivity contribution in [1.82, 2.24) is 0 Å². The number of allylic oxidation sites excluding steroid dienone is 2. The van der Waals surface area contributed by atoms with Crippen molar-refractivity contribution in [2.45, 2.75) is 25.3 Å². The standard InChI is InChI=1S/C21H18N2O6/c1-11(24)29-13-7-5-12(6-8-13)19-15-4-2-3-14(15)18-17(23(27)28)10-9-16(21(25)26)20(18)22-19/h2-3,5-10,14-15,19,22H,4H2,1H3,(H,25,26)/t14-,15+,19+/m0/s1. The number of nitro benzene ring substituents is 1. The number of anilines is 1. The predicted octanol–water partition coefficient (Wildman–Crippen LogP) is 4.04. The third-order valence-corrected chi connectivity index (χ3v) is 5.42. The number of esters is 1. The molecular formula is C21H18N2O6. The Kier molecular flexibility index (Phi) is 4.54. The average Bonchev–Trinajstić information content (AvgIpc) is 3.16. The van der Waals surface area contributed by atoms with E-state index < -0.39 is 16.9 Å². The fourth-order valence-corrected chi connectivity index (χ4v) is 4.27. The molecule has 0 unspecified atom stereocenters. The minimum absolute atomic E-state index is 0.00446. The number of hydrogen-bond donors (Lipinski definition) is 2. The van der Waals surface area contributed by atoms with Crippen molar-refractivity contribution >= 4 is 23.3 Å². The lowest BCUT2D eigenvalue weighted by atomic mass is 9.75. The lowest BCUT2D eigenvalue weighted by Gasteiger charge is -2.37. The number of nitrogens with zero attached hydrogens (tertiary/aromatic N) is 1. The summed E-state index contributed by atoms with van der Waals surface area (Å²) in [6.07, 6.45) is 4.61. The van der Waals surface area contributed by atoms with E-state index in [0.717, 1.165) is 5.56 Å². The average molecular weight is 394 g/mol. The Morgan fingerprint density at radius 2 is 1.93 bits per heavy atom. The van der Waals surface area contributed by atoms with Crippen LogP contribution in [0.2, 0.25) is 0 Å². The number of carbonyl (C=O) groups is 2. The zero-order valence-corrected chi connectivity index (χ0v) is 15.5. The van der Waals surface area contributed by atoms with Crippen molar-refractivity contribution in [3.05, 3.63) is 75.4 Å². The topological polar surface area (TPSA) is 119 Å². The van der Waals surface area contributed by atoms with E-state index in [2.05, 4.69) is 5.32 Å². The number of aromatic carboxylic acids is 1. The molecule has 0 fully saturated rings. The van der Waals surface area contributed by atoms with E-state index in [0.29, 0.717) is 17.7 Å². The van der Waals surface area contributed by atoms with Gasteiger partial charge in [-0.25, -0.2) is 4.79 Å². The first-order valence-corrected chi connectivity index (χ1v) is 9.13. The maximum atomic E-state index is 11.8. The molecule has 0 saturated heterocycles. The van der Waals surface area contributed by atoms with Gasteiger partial charge >= 0.3 is 11.9 Å². The van der Waals surface area contributed by atoms with Gasteiger partial charge in [0.25, 0.3) is 5.69 Å². The number of benzene rings is 2. The molecule has 148 valence electrons. The maximum Gasteiger partial charge on any atom is 0.337 e. The minimum Gasteiger partial charge on any atom is -0.478 e. The molecule has 2 N–H and O–H groups in total. The second-order valence-corrected chi connectivity index (χ2v) is 7.12. The number of nitro groups is 1. The quantitative estimate of drug-likeness (QED) is 0.264. The molecule has 4 rings (SSSR count). The van der Waals surface area contributed by atoms with Crippen LogP contribution < -0.4 is 10.1 Å². The van der Waals surface area contributed by atoms with Crippen molar-refractivity contribution in [3.63, 3.8) is 0 Å². The monoisotopic (exact) mass is 394 g/mol. The Morgan fingerprint density at radius 3 is 2.55 bits per heavy atom. The number of carbonyl (C=O) groups excluding carboxylic acids is 1. The number of ether oxygens (including phenoxy) is 1. The van der Waals surface area contributed by atoms with Crippen LogP contribution in [-0.2, 0) is 4.79 Å². The number of fused-ring (bicyclic) bond motifs is 3. The van der Waals surface area contributed by atoms with Crippen molar-refractivity contribution in [2.75, 3.05) is 5.32 Å². The normalized spacial score (nSPS) is 21.6. The van der Waals surface area contributed by atoms with Crippen LogP contribution in [0.25, 0.3) is 0 Å². The summed E-state index contributed by atoms with van der Waals surface area (Å²) in [6.45, 7) is 1.32. The molecule has 0 amide bonds. The summed E-state index contributed by atoms with van der Waals surface area (Å²) in [7, 11) is 0. The summed E-state index contributed by atoms with van der Waals surface area (Å²) < 4.78 is 5.07. The molecule has 0 aromatic heterocycles. The number of rotatable bonds is 4. The predicted molar refractivity (Wildman–Crippen MR) is 104 cm³/mol. The Bertz CT molecular complexity index is 1040. The summed E-state index contributed by atoms with van der Waals surface area (Å²) in [5, 5.41) is 24.5. The van der Waals surface area contributed by atoms with Crippen molar-refractivity contribution in [1.29, 1.82) is 0 Å². The number of carboxylic acids is 1. The van der Waals surface area contributed by atoms with Crippen LogP contribution in [-0.4, -0.2) is 22.0 Å². The molecule has 3 atom stereocenters. The van der Waals surface area contributed by atoms with Crippen LogP contribution in [0.4, 0.5) is 11.4 Å². The van der Waals surface area contributed by atoms with E-state index >= 15 is 0 Å². The van der Waals surface area contributed by atoms with Crippen LogP contribution >= 0.6 is 0 Å². The van der Waals surface area contributed by atoms with Crippen LogP contribution in [0.1, 0.15) is 46.8 Å². The lowest BCUT2D eigenvalue weighted by molar-refractivity contribution is -0.385. The molecule has 8 heteroatoms. The molecule has 0 spiro atoms. The van der Waals surface area contributed by atoms with Gasteiger partial charge in [0.1, 0.15) is 5.75 Å². The maximum absolute atomic E-state index is 11.8. The first-order valence-electron chi connectivity index (χ1n) is 9.13. The summed E-state index contributed by atoms with van der Waals surface area (Å²) in [5.74, 6) is -1.40. The van der Waals surface area contributed by atoms with E-state index in [4.69, 9.17) is 4.74 Å². The number of nitrogens with one attached hydrogen (secondary N) is 1. The fraction of sp³-hybridized carbons (Fsp3) is 0.238. The van der Waals surface area contributed by atoms with Crippen molar-refractivity contribution < 1.29 is 24.4 Å². The second-order valence-electron chi connectivity index (χ2n) is 7.12. The van der Waals surface area contributed by atoms with E-state index in [9.17, 15) is 24.8 Å². The van der Waals surface area contributed by atoms with Crippen LogP contribution in [0, 0.1) is 16.0 Å². The van der Waals surface area contributed by atoms with Crippen LogP contribution in [0.5, 0.6) is 5.75 Å². The highest BCUT2D eigenvalue weighted by molar-refractivity contribution is 5.97. The van der Waals surface area contributed by atoms with Crippen LogP contribution in [0.15, 0.2) is 48.6 Å². The Balaban J connectivity index is 1.80. The van der Waals surface area contributed by atoms with Crippen LogP contribution in [0.3, 0.4) is 0 Å².